The van der Waals surface area contributed by atoms with Gasteiger partial charge in [0, 0.05) is 23.2 Å². The number of rotatable bonds is 5. The molecule has 0 atom stereocenters. The second-order valence-corrected chi connectivity index (χ2v) is 6.72. The first kappa shape index (κ1) is 16.6. The summed E-state index contributed by atoms with van der Waals surface area (Å²) in [5.74, 6) is 1.00. The molecule has 2 aromatic rings. The van der Waals surface area contributed by atoms with Crippen LogP contribution in [0.25, 0.3) is 11.0 Å². The van der Waals surface area contributed by atoms with E-state index in [0.717, 1.165) is 22.1 Å². The van der Waals surface area contributed by atoms with Gasteiger partial charge in [0.1, 0.15) is 5.58 Å². The van der Waals surface area contributed by atoms with Gasteiger partial charge in [-0.05, 0) is 56.5 Å². The van der Waals surface area contributed by atoms with Crippen molar-refractivity contribution in [3.8, 4) is 0 Å². The van der Waals surface area contributed by atoms with E-state index in [1.54, 1.807) is 0 Å². The van der Waals surface area contributed by atoms with Gasteiger partial charge in [-0.15, -0.1) is 11.8 Å². The van der Waals surface area contributed by atoms with Crippen molar-refractivity contribution in [1.82, 2.24) is 5.32 Å². The second kappa shape index (κ2) is 7.01. The monoisotopic (exact) mass is 319 g/mol. The molecule has 118 valence electrons. The van der Waals surface area contributed by atoms with E-state index in [2.05, 4.69) is 5.32 Å². The summed E-state index contributed by atoms with van der Waals surface area (Å²) in [5.41, 5.74) is 3.43. The number of fused-ring (bicyclic) bond motifs is 1. The van der Waals surface area contributed by atoms with Crippen molar-refractivity contribution in [3.05, 3.63) is 45.3 Å². The van der Waals surface area contributed by atoms with E-state index < -0.39 is 0 Å². The predicted octanol–water partition coefficient (Wildman–Crippen LogP) is 3.17. The zero-order valence-corrected chi connectivity index (χ0v) is 14.2. The first-order valence-corrected chi connectivity index (χ1v) is 8.43. The standard InChI is InChI=1S/C17H21NO3S/c1-10(2)18-16(19)9-22-8-13-7-17(20)21-15-6-12(4)11(3)5-14(13)15/h5-7,10H,8-9H2,1-4H3,(H,18,19). The Morgan fingerprint density at radius 2 is 1.91 bits per heavy atom. The molecule has 0 bridgehead atoms. The molecular weight excluding hydrogens is 298 g/mol. The maximum Gasteiger partial charge on any atom is 0.336 e. The topological polar surface area (TPSA) is 59.3 Å². The van der Waals surface area contributed by atoms with Crippen molar-refractivity contribution in [2.24, 2.45) is 0 Å². The zero-order chi connectivity index (χ0) is 16.3. The van der Waals surface area contributed by atoms with Crippen LogP contribution in [0.4, 0.5) is 0 Å². The smallest absolute Gasteiger partial charge is 0.336 e. The number of amides is 1. The Bertz CT molecular complexity index is 749. The van der Waals surface area contributed by atoms with Crippen LogP contribution in [0.15, 0.2) is 27.4 Å². The fourth-order valence-electron chi connectivity index (χ4n) is 2.22. The Labute approximate surface area is 134 Å². The Morgan fingerprint density at radius 1 is 1.23 bits per heavy atom. The molecule has 1 aromatic carbocycles. The van der Waals surface area contributed by atoms with Crippen LogP contribution in [-0.4, -0.2) is 17.7 Å². The molecular formula is C17H21NO3S. The molecule has 0 fully saturated rings. The fourth-order valence-corrected chi connectivity index (χ4v) is 3.05. The SMILES string of the molecule is Cc1cc2oc(=O)cc(CSCC(=O)NC(C)C)c2cc1C. The highest BCUT2D eigenvalue weighted by Crippen LogP contribution is 2.24. The van der Waals surface area contributed by atoms with Crippen LogP contribution in [0.1, 0.15) is 30.5 Å². The Kier molecular flexibility index (Phi) is 5.29. The minimum absolute atomic E-state index is 0.0132. The Hall–Kier alpha value is -1.75. The van der Waals surface area contributed by atoms with E-state index in [4.69, 9.17) is 4.42 Å². The highest BCUT2D eigenvalue weighted by molar-refractivity contribution is 7.99. The molecule has 1 aromatic heterocycles. The van der Waals surface area contributed by atoms with Gasteiger partial charge >= 0.3 is 5.63 Å². The summed E-state index contributed by atoms with van der Waals surface area (Å²) < 4.78 is 5.27. The summed E-state index contributed by atoms with van der Waals surface area (Å²) in [6.45, 7) is 7.90. The number of thioether (sulfide) groups is 1. The number of carbonyl (C=O) groups is 1. The van der Waals surface area contributed by atoms with Crippen molar-refractivity contribution in [3.63, 3.8) is 0 Å². The highest BCUT2D eigenvalue weighted by Gasteiger charge is 2.09. The predicted molar refractivity (Wildman–Crippen MR) is 91.4 cm³/mol. The highest BCUT2D eigenvalue weighted by atomic mass is 32.2. The normalized spacial score (nSPS) is 11.1. The summed E-state index contributed by atoms with van der Waals surface area (Å²) in [6, 6.07) is 5.59. The molecule has 1 amide bonds. The summed E-state index contributed by atoms with van der Waals surface area (Å²) in [6.07, 6.45) is 0. The molecule has 0 aliphatic heterocycles. The van der Waals surface area contributed by atoms with Crippen LogP contribution in [-0.2, 0) is 10.5 Å². The number of benzene rings is 1. The van der Waals surface area contributed by atoms with Crippen LogP contribution in [0, 0.1) is 13.8 Å². The van der Waals surface area contributed by atoms with Gasteiger partial charge in [0.05, 0.1) is 5.75 Å². The molecule has 0 aliphatic carbocycles. The maximum atomic E-state index is 11.7. The van der Waals surface area contributed by atoms with Crippen molar-refractivity contribution in [1.29, 1.82) is 0 Å². The second-order valence-electron chi connectivity index (χ2n) is 5.74. The summed E-state index contributed by atoms with van der Waals surface area (Å²) in [7, 11) is 0. The fraction of sp³-hybridized carbons (Fsp3) is 0.412. The van der Waals surface area contributed by atoms with Gasteiger partial charge in [-0.1, -0.05) is 0 Å². The quantitative estimate of drug-likeness (QED) is 0.860. The van der Waals surface area contributed by atoms with Crippen molar-refractivity contribution >= 4 is 28.6 Å². The number of aryl methyl sites for hydroxylation is 2. The Balaban J connectivity index is 2.19. The Morgan fingerprint density at radius 3 is 2.59 bits per heavy atom. The lowest BCUT2D eigenvalue weighted by Gasteiger charge is -2.09. The molecule has 0 unspecified atom stereocenters. The molecule has 0 saturated carbocycles. The molecule has 22 heavy (non-hydrogen) atoms. The molecule has 2 rings (SSSR count). The summed E-state index contributed by atoms with van der Waals surface area (Å²) >= 11 is 1.50. The van der Waals surface area contributed by atoms with Crippen LogP contribution in [0.3, 0.4) is 0 Å². The third-order valence-electron chi connectivity index (χ3n) is 3.38. The molecule has 1 heterocycles. The first-order valence-electron chi connectivity index (χ1n) is 7.28. The molecule has 5 heteroatoms. The van der Waals surface area contributed by atoms with Crippen LogP contribution in [0.2, 0.25) is 0 Å². The van der Waals surface area contributed by atoms with Crippen LogP contribution in [0.5, 0.6) is 0 Å². The molecule has 1 N–H and O–H groups in total. The molecule has 0 aliphatic rings. The van der Waals surface area contributed by atoms with Gasteiger partial charge in [-0.25, -0.2) is 4.79 Å². The van der Waals surface area contributed by atoms with E-state index in [1.165, 1.54) is 17.8 Å². The van der Waals surface area contributed by atoms with Crippen molar-refractivity contribution in [2.75, 3.05) is 5.75 Å². The lowest BCUT2D eigenvalue weighted by atomic mass is 10.0. The zero-order valence-electron chi connectivity index (χ0n) is 13.4. The number of nitrogens with one attached hydrogen (secondary N) is 1. The minimum Gasteiger partial charge on any atom is -0.423 e. The largest absolute Gasteiger partial charge is 0.423 e. The molecule has 0 saturated heterocycles. The van der Waals surface area contributed by atoms with Gasteiger partial charge < -0.3 is 9.73 Å². The van der Waals surface area contributed by atoms with Gasteiger partial charge in [0.2, 0.25) is 5.91 Å². The van der Waals surface area contributed by atoms with Gasteiger partial charge in [0.15, 0.2) is 0 Å². The lowest BCUT2D eigenvalue weighted by Crippen LogP contribution is -2.31. The number of carbonyl (C=O) groups excluding carboxylic acids is 1. The lowest BCUT2D eigenvalue weighted by molar-refractivity contribution is -0.119. The maximum absolute atomic E-state index is 11.7. The van der Waals surface area contributed by atoms with Crippen molar-refractivity contribution in [2.45, 2.75) is 39.5 Å². The van der Waals surface area contributed by atoms with E-state index in [9.17, 15) is 9.59 Å². The summed E-state index contributed by atoms with van der Waals surface area (Å²) in [4.78, 5) is 23.3. The minimum atomic E-state index is -0.349. The average Bonchev–Trinajstić information content (AvgIpc) is 2.40. The average molecular weight is 319 g/mol. The molecule has 4 nitrogen and oxygen atoms in total. The number of hydrogen-bond acceptors (Lipinski definition) is 4. The van der Waals surface area contributed by atoms with Gasteiger partial charge in [-0.3, -0.25) is 4.79 Å². The van der Waals surface area contributed by atoms with Crippen molar-refractivity contribution < 1.29 is 9.21 Å². The van der Waals surface area contributed by atoms with E-state index in [-0.39, 0.29) is 17.6 Å². The third kappa shape index (κ3) is 4.13. The van der Waals surface area contributed by atoms with E-state index in [1.807, 2.05) is 39.8 Å². The van der Waals surface area contributed by atoms with E-state index in [0.29, 0.717) is 17.1 Å². The van der Waals surface area contributed by atoms with E-state index >= 15 is 0 Å². The van der Waals surface area contributed by atoms with Crippen LogP contribution >= 0.6 is 11.8 Å². The first-order chi connectivity index (χ1) is 10.4. The summed E-state index contributed by atoms with van der Waals surface area (Å²) in [5, 5.41) is 3.80. The third-order valence-corrected chi connectivity index (χ3v) is 4.37. The molecule has 0 radical (unpaired) electrons. The van der Waals surface area contributed by atoms with Gasteiger partial charge in [-0.2, -0.15) is 0 Å². The molecule has 0 spiro atoms. The number of hydrogen-bond donors (Lipinski definition) is 1. The van der Waals surface area contributed by atoms with Crippen LogP contribution < -0.4 is 10.9 Å². The van der Waals surface area contributed by atoms with Gasteiger partial charge in [0.25, 0.3) is 0 Å².